The Morgan fingerprint density at radius 3 is 2.63 bits per heavy atom. The average Bonchev–Trinajstić information content (AvgIpc) is 2.75. The van der Waals surface area contributed by atoms with E-state index in [0.29, 0.717) is 0 Å². The Hall–Kier alpha value is -0.160. The lowest BCUT2D eigenvalue weighted by atomic mass is 10.0. The second-order valence-corrected chi connectivity index (χ2v) is 7.30. The van der Waals surface area contributed by atoms with E-state index < -0.39 is 0 Å². The lowest BCUT2D eigenvalue weighted by molar-refractivity contribution is 0.604. The molecule has 1 atom stereocenters. The molecule has 0 aliphatic heterocycles. The molecule has 2 aromatic rings. The van der Waals surface area contributed by atoms with Gasteiger partial charge in [-0.05, 0) is 70.5 Å². The normalized spacial score (nSPS) is 12.6. The van der Waals surface area contributed by atoms with Crippen molar-refractivity contribution in [1.82, 2.24) is 5.32 Å². The van der Waals surface area contributed by atoms with E-state index >= 15 is 0 Å². The number of aryl methyl sites for hydroxylation is 1. The fraction of sp³-hybridized carbons (Fsp3) is 0.333. The maximum absolute atomic E-state index is 3.65. The molecule has 19 heavy (non-hydrogen) atoms. The van der Waals surface area contributed by atoms with Crippen LogP contribution < -0.4 is 5.32 Å². The molecule has 0 radical (unpaired) electrons. The van der Waals surface area contributed by atoms with Crippen LogP contribution in [0, 0.1) is 6.92 Å². The van der Waals surface area contributed by atoms with Crippen LogP contribution in [0.25, 0.3) is 0 Å². The molecule has 1 aromatic carbocycles. The molecule has 1 N–H and O–H groups in total. The Morgan fingerprint density at radius 1 is 1.26 bits per heavy atom. The average molecular weight is 403 g/mol. The van der Waals surface area contributed by atoms with E-state index in [1.165, 1.54) is 20.5 Å². The Morgan fingerprint density at radius 2 is 2.05 bits per heavy atom. The molecule has 0 spiro atoms. The van der Waals surface area contributed by atoms with Gasteiger partial charge in [0.25, 0.3) is 0 Å². The largest absolute Gasteiger partial charge is 0.306 e. The molecule has 0 aliphatic carbocycles. The van der Waals surface area contributed by atoms with Crippen LogP contribution in [0.2, 0.25) is 0 Å². The monoisotopic (exact) mass is 401 g/mol. The summed E-state index contributed by atoms with van der Waals surface area (Å²) in [4.78, 5) is 1.34. The van der Waals surface area contributed by atoms with Gasteiger partial charge < -0.3 is 5.32 Å². The molecule has 1 unspecified atom stereocenters. The third-order valence-electron chi connectivity index (χ3n) is 2.90. The molecule has 4 heteroatoms. The van der Waals surface area contributed by atoms with Gasteiger partial charge in [-0.15, -0.1) is 11.3 Å². The number of hydrogen-bond acceptors (Lipinski definition) is 2. The molecule has 0 fully saturated rings. The number of rotatable bonds is 5. The zero-order chi connectivity index (χ0) is 13.8. The molecule has 1 nitrogen and oxygen atoms in total. The SMILES string of the molecule is CCCNC(c1cc(C)cc(Br)c1)c1sccc1Br. The van der Waals surface area contributed by atoms with Crippen molar-refractivity contribution in [1.29, 1.82) is 0 Å². The summed E-state index contributed by atoms with van der Waals surface area (Å²) in [5, 5.41) is 5.77. The van der Waals surface area contributed by atoms with Gasteiger partial charge in [0, 0.05) is 13.8 Å². The highest BCUT2D eigenvalue weighted by Crippen LogP contribution is 2.34. The van der Waals surface area contributed by atoms with Crippen LogP contribution in [0.5, 0.6) is 0 Å². The summed E-state index contributed by atoms with van der Waals surface area (Å²) >= 11 is 9.04. The van der Waals surface area contributed by atoms with Crippen molar-refractivity contribution < 1.29 is 0 Å². The van der Waals surface area contributed by atoms with Crippen LogP contribution >= 0.6 is 43.2 Å². The summed E-state index contributed by atoms with van der Waals surface area (Å²) in [6, 6.07) is 8.97. The zero-order valence-electron chi connectivity index (χ0n) is 11.0. The van der Waals surface area contributed by atoms with Gasteiger partial charge in [0.2, 0.25) is 0 Å². The van der Waals surface area contributed by atoms with Gasteiger partial charge in [0.1, 0.15) is 0 Å². The van der Waals surface area contributed by atoms with E-state index in [1.807, 2.05) is 0 Å². The van der Waals surface area contributed by atoms with Crippen LogP contribution in [-0.2, 0) is 0 Å². The van der Waals surface area contributed by atoms with Gasteiger partial charge >= 0.3 is 0 Å². The minimum Gasteiger partial charge on any atom is -0.306 e. The molecule has 0 bridgehead atoms. The van der Waals surface area contributed by atoms with Crippen LogP contribution in [0.4, 0.5) is 0 Å². The fourth-order valence-electron chi connectivity index (χ4n) is 2.09. The second-order valence-electron chi connectivity index (χ2n) is 4.58. The number of benzene rings is 1. The maximum Gasteiger partial charge on any atom is 0.0682 e. The second kappa shape index (κ2) is 7.02. The zero-order valence-corrected chi connectivity index (χ0v) is 15.0. The maximum atomic E-state index is 3.65. The first-order valence-electron chi connectivity index (χ1n) is 6.35. The van der Waals surface area contributed by atoms with Crippen molar-refractivity contribution >= 4 is 43.2 Å². The lowest BCUT2D eigenvalue weighted by Crippen LogP contribution is -2.22. The third kappa shape index (κ3) is 3.91. The summed E-state index contributed by atoms with van der Waals surface area (Å²) in [6.07, 6.45) is 1.13. The van der Waals surface area contributed by atoms with E-state index in [0.717, 1.165) is 17.4 Å². The van der Waals surface area contributed by atoms with Gasteiger partial charge in [-0.1, -0.05) is 28.9 Å². The number of hydrogen-bond donors (Lipinski definition) is 1. The molecule has 0 saturated carbocycles. The smallest absolute Gasteiger partial charge is 0.0682 e. The van der Waals surface area contributed by atoms with Gasteiger partial charge in [-0.2, -0.15) is 0 Å². The van der Waals surface area contributed by atoms with Crippen LogP contribution in [0.1, 0.15) is 35.4 Å². The van der Waals surface area contributed by atoms with Crippen molar-refractivity contribution in [3.63, 3.8) is 0 Å². The molecule has 1 aromatic heterocycles. The Balaban J connectivity index is 2.39. The van der Waals surface area contributed by atoms with E-state index in [4.69, 9.17) is 0 Å². The van der Waals surface area contributed by atoms with Crippen LogP contribution in [0.3, 0.4) is 0 Å². The minimum atomic E-state index is 0.255. The Labute approximate surface area is 135 Å². The van der Waals surface area contributed by atoms with Gasteiger partial charge in [-0.3, -0.25) is 0 Å². The first kappa shape index (κ1) is 15.2. The molecular weight excluding hydrogens is 386 g/mol. The minimum absolute atomic E-state index is 0.255. The summed E-state index contributed by atoms with van der Waals surface area (Å²) in [6.45, 7) is 5.34. The molecule has 0 aliphatic rings. The highest BCUT2D eigenvalue weighted by Gasteiger charge is 2.18. The Kier molecular flexibility index (Phi) is 5.63. The first-order valence-corrected chi connectivity index (χ1v) is 8.81. The van der Waals surface area contributed by atoms with E-state index in [1.54, 1.807) is 11.3 Å². The molecular formula is C15H17Br2NS. The predicted molar refractivity (Wildman–Crippen MR) is 91.0 cm³/mol. The van der Waals surface area contributed by atoms with Gasteiger partial charge in [-0.25, -0.2) is 0 Å². The van der Waals surface area contributed by atoms with E-state index in [-0.39, 0.29) is 6.04 Å². The highest BCUT2D eigenvalue weighted by atomic mass is 79.9. The third-order valence-corrected chi connectivity index (χ3v) is 5.30. The summed E-state index contributed by atoms with van der Waals surface area (Å²) in [5.74, 6) is 0. The summed E-state index contributed by atoms with van der Waals surface area (Å²) in [7, 11) is 0. The van der Waals surface area contributed by atoms with Crippen molar-refractivity contribution in [2.45, 2.75) is 26.3 Å². The number of nitrogens with one attached hydrogen (secondary N) is 1. The van der Waals surface area contributed by atoms with Crippen molar-refractivity contribution in [3.8, 4) is 0 Å². The standard InChI is InChI=1S/C15H17Br2NS/c1-3-5-18-14(15-13(17)4-6-19-15)11-7-10(2)8-12(16)9-11/h4,6-9,14,18H,3,5H2,1-2H3. The first-order chi connectivity index (χ1) is 9.11. The number of thiophene rings is 1. The summed E-state index contributed by atoms with van der Waals surface area (Å²) < 4.78 is 2.32. The topological polar surface area (TPSA) is 12.0 Å². The van der Waals surface area contributed by atoms with Gasteiger partial charge in [0.05, 0.1) is 6.04 Å². The van der Waals surface area contributed by atoms with Crippen molar-refractivity contribution in [2.24, 2.45) is 0 Å². The van der Waals surface area contributed by atoms with Crippen LogP contribution in [0.15, 0.2) is 38.6 Å². The van der Waals surface area contributed by atoms with Crippen molar-refractivity contribution in [2.75, 3.05) is 6.54 Å². The fourth-order valence-corrected chi connectivity index (χ4v) is 4.42. The quantitative estimate of drug-likeness (QED) is 0.679. The Bertz CT molecular complexity index is 531. The summed E-state index contributed by atoms with van der Waals surface area (Å²) in [5.41, 5.74) is 2.59. The van der Waals surface area contributed by atoms with Crippen molar-refractivity contribution in [3.05, 3.63) is 54.6 Å². The van der Waals surface area contributed by atoms with Crippen LogP contribution in [-0.4, -0.2) is 6.54 Å². The highest BCUT2D eigenvalue weighted by molar-refractivity contribution is 9.10. The predicted octanol–water partition coefficient (Wildman–Crippen LogP) is 5.67. The molecule has 0 saturated heterocycles. The molecule has 102 valence electrons. The van der Waals surface area contributed by atoms with Gasteiger partial charge in [0.15, 0.2) is 0 Å². The number of halogens is 2. The molecule has 2 rings (SSSR count). The van der Waals surface area contributed by atoms with E-state index in [2.05, 4.69) is 80.7 Å². The molecule has 0 amide bonds. The lowest BCUT2D eigenvalue weighted by Gasteiger charge is -2.19. The molecule has 1 heterocycles. The van der Waals surface area contributed by atoms with E-state index in [9.17, 15) is 0 Å².